The van der Waals surface area contributed by atoms with E-state index >= 15 is 4.39 Å². The third-order valence-corrected chi connectivity index (χ3v) is 10.1. The van der Waals surface area contributed by atoms with Gasteiger partial charge in [-0.2, -0.15) is 5.26 Å². The van der Waals surface area contributed by atoms with Crippen LogP contribution in [0.3, 0.4) is 0 Å². The van der Waals surface area contributed by atoms with E-state index in [1.54, 1.807) is 6.20 Å². The van der Waals surface area contributed by atoms with E-state index in [4.69, 9.17) is 20.4 Å². The van der Waals surface area contributed by atoms with Crippen LogP contribution in [0.5, 0.6) is 0 Å². The van der Waals surface area contributed by atoms with Crippen LogP contribution in [0.1, 0.15) is 37.0 Å². The Labute approximate surface area is 240 Å². The number of rotatable bonds is 4. The molecule has 2 saturated heterocycles. The lowest BCUT2D eigenvalue weighted by Crippen LogP contribution is -2.53. The maximum atomic E-state index is 16.7. The van der Waals surface area contributed by atoms with Crippen LogP contribution in [-0.4, -0.2) is 76.1 Å². The fraction of sp³-hybridized carbons (Fsp3) is 0.448. The molecule has 2 N–H and O–H groups in total. The van der Waals surface area contributed by atoms with Gasteiger partial charge in [0.15, 0.2) is 11.6 Å². The van der Waals surface area contributed by atoms with Gasteiger partial charge in [0, 0.05) is 67.3 Å². The van der Waals surface area contributed by atoms with Gasteiger partial charge in [-0.25, -0.2) is 18.7 Å². The third-order valence-electron chi connectivity index (χ3n) is 9.03. The Hall–Kier alpha value is -3.50. The minimum atomic E-state index is -0.602. The Balaban J connectivity index is 1.33. The first kappa shape index (κ1) is 26.4. The molecule has 0 spiro atoms. The largest absolute Gasteiger partial charge is 0.389 e. The number of halogens is 2. The van der Waals surface area contributed by atoms with Crippen LogP contribution in [0, 0.1) is 23.0 Å². The number of aromatic nitrogens is 3. The molecular weight excluding hydrogens is 546 g/mol. The van der Waals surface area contributed by atoms with Crippen molar-refractivity contribution >= 4 is 43.3 Å². The van der Waals surface area contributed by atoms with Crippen LogP contribution in [0.15, 0.2) is 12.4 Å². The fourth-order valence-corrected chi connectivity index (χ4v) is 7.70. The molecule has 0 amide bonds. The number of hydrogen-bond acceptors (Lipinski definition) is 10. The van der Waals surface area contributed by atoms with E-state index in [0.29, 0.717) is 22.9 Å². The van der Waals surface area contributed by atoms with Gasteiger partial charge in [-0.1, -0.05) is 6.92 Å². The summed E-state index contributed by atoms with van der Waals surface area (Å²) in [6.07, 6.45) is 3.74. The van der Waals surface area contributed by atoms with Gasteiger partial charge in [-0.15, -0.1) is 11.3 Å². The second-order valence-electron chi connectivity index (χ2n) is 10.9. The number of fused-ring (bicyclic) bond motifs is 4. The number of nitrogens with two attached hydrogens (primary N) is 1. The zero-order chi connectivity index (χ0) is 28.4. The number of nitriles is 1. The number of ether oxygens (including phenoxy) is 1. The normalized spacial score (nSPS) is 21.7. The highest BCUT2D eigenvalue weighted by Crippen LogP contribution is 2.45. The average molecular weight is 577 g/mol. The minimum Gasteiger partial charge on any atom is -0.389 e. The molecule has 12 heteroatoms. The molecule has 2 fully saturated rings. The lowest BCUT2D eigenvalue weighted by atomic mass is 9.94. The molecule has 0 radical (unpaired) electrons. The Morgan fingerprint density at radius 1 is 1.12 bits per heavy atom. The van der Waals surface area contributed by atoms with Gasteiger partial charge in [0.25, 0.3) is 0 Å². The number of nitrogen functional groups attached to an aromatic ring is 1. The first-order valence-electron chi connectivity index (χ1n) is 14.0. The SMILES string of the molecule is CCN1CCN([C@H]2CCN(c3ncc4c5c(c(-c6ncc(F)c7sc(N)c(C#N)c67)c(F)c4n3)COC5)[C@H]2C)CC1. The van der Waals surface area contributed by atoms with Crippen LogP contribution >= 0.6 is 11.3 Å². The van der Waals surface area contributed by atoms with Crippen LogP contribution in [0.25, 0.3) is 32.2 Å². The first-order valence-corrected chi connectivity index (χ1v) is 14.8. The van der Waals surface area contributed by atoms with Crippen molar-refractivity contribution < 1.29 is 13.5 Å². The molecule has 6 heterocycles. The second-order valence-corrected chi connectivity index (χ2v) is 12.0. The summed E-state index contributed by atoms with van der Waals surface area (Å²) >= 11 is 0.962. The van der Waals surface area contributed by atoms with E-state index in [9.17, 15) is 9.65 Å². The second kappa shape index (κ2) is 10.1. The topological polar surface area (TPSA) is 107 Å². The summed E-state index contributed by atoms with van der Waals surface area (Å²) in [6, 6.07) is 2.61. The molecule has 3 aromatic heterocycles. The van der Waals surface area contributed by atoms with Gasteiger partial charge < -0.3 is 20.3 Å². The summed E-state index contributed by atoms with van der Waals surface area (Å²) in [4.78, 5) is 21.0. The molecule has 0 aliphatic carbocycles. The zero-order valence-corrected chi connectivity index (χ0v) is 23.8. The van der Waals surface area contributed by atoms with Crippen LogP contribution in [-0.2, 0) is 18.0 Å². The molecule has 0 saturated carbocycles. The van der Waals surface area contributed by atoms with Crippen molar-refractivity contribution in [3.8, 4) is 17.3 Å². The molecule has 1 aromatic carbocycles. The molecule has 7 rings (SSSR count). The summed E-state index contributed by atoms with van der Waals surface area (Å²) in [7, 11) is 0. The van der Waals surface area contributed by atoms with Gasteiger partial charge >= 0.3 is 0 Å². The first-order chi connectivity index (χ1) is 19.9. The summed E-state index contributed by atoms with van der Waals surface area (Å²) in [5.41, 5.74) is 8.06. The van der Waals surface area contributed by atoms with Crippen molar-refractivity contribution in [2.24, 2.45) is 0 Å². The lowest BCUT2D eigenvalue weighted by molar-refractivity contribution is 0.0969. The fourth-order valence-electron chi connectivity index (χ4n) is 6.78. The Morgan fingerprint density at radius 3 is 2.66 bits per heavy atom. The highest BCUT2D eigenvalue weighted by molar-refractivity contribution is 7.23. The summed E-state index contributed by atoms with van der Waals surface area (Å²) < 4.78 is 37.3. The quantitative estimate of drug-likeness (QED) is 0.381. The number of nitrogens with zero attached hydrogens (tertiary/aromatic N) is 7. The Morgan fingerprint density at radius 2 is 1.90 bits per heavy atom. The molecule has 0 unspecified atom stereocenters. The van der Waals surface area contributed by atoms with Gasteiger partial charge in [-0.3, -0.25) is 9.88 Å². The minimum absolute atomic E-state index is 0.0965. The molecular formula is C29H30F2N8OS. The van der Waals surface area contributed by atoms with Crippen molar-refractivity contribution in [3.05, 3.63) is 40.7 Å². The average Bonchev–Trinajstić information content (AvgIpc) is 3.71. The lowest BCUT2D eigenvalue weighted by Gasteiger charge is -2.39. The van der Waals surface area contributed by atoms with Crippen molar-refractivity contribution in [2.75, 3.05) is 49.9 Å². The standard InChI is InChI=1S/C29H30F2N8OS/c1-3-37-6-8-38(9-7-37)21-4-5-39(15(21)2)29-35-11-17-18-13-40-14-19(18)22(24(31)25(17)36-29)26-23-16(10-32)28(33)41-27(23)20(30)12-34-26/h11-12,15,21H,3-9,13-14,33H2,1-2H3/t15-,21-/m0/s1. The van der Waals surface area contributed by atoms with Crippen molar-refractivity contribution in [1.29, 1.82) is 5.26 Å². The Bertz CT molecular complexity index is 1730. The van der Waals surface area contributed by atoms with Gasteiger partial charge in [-0.05, 0) is 31.0 Å². The highest BCUT2D eigenvalue weighted by atomic mass is 32.1. The molecule has 2 atom stereocenters. The van der Waals surface area contributed by atoms with Crippen LogP contribution < -0.4 is 10.6 Å². The third kappa shape index (κ3) is 4.06. The molecule has 41 heavy (non-hydrogen) atoms. The number of likely N-dealkylation sites (N-methyl/N-ethyl adjacent to an activating group) is 1. The van der Waals surface area contributed by atoms with E-state index in [-0.39, 0.29) is 56.7 Å². The molecule has 0 bridgehead atoms. The summed E-state index contributed by atoms with van der Waals surface area (Å²) in [6.45, 7) is 10.9. The molecule has 212 valence electrons. The number of benzene rings is 1. The van der Waals surface area contributed by atoms with Crippen molar-refractivity contribution in [2.45, 2.75) is 45.6 Å². The van der Waals surface area contributed by atoms with E-state index in [0.717, 1.165) is 68.8 Å². The van der Waals surface area contributed by atoms with E-state index in [1.807, 2.05) is 0 Å². The van der Waals surface area contributed by atoms with Gasteiger partial charge in [0.05, 0.1) is 35.4 Å². The highest BCUT2D eigenvalue weighted by Gasteiger charge is 2.38. The smallest absolute Gasteiger partial charge is 0.226 e. The van der Waals surface area contributed by atoms with Gasteiger partial charge in [0.2, 0.25) is 5.95 Å². The predicted molar refractivity (Wildman–Crippen MR) is 155 cm³/mol. The van der Waals surface area contributed by atoms with Gasteiger partial charge in [0.1, 0.15) is 16.6 Å². The molecule has 3 aliphatic heterocycles. The predicted octanol–water partition coefficient (Wildman–Crippen LogP) is 4.27. The molecule has 4 aromatic rings. The number of pyridine rings is 1. The zero-order valence-electron chi connectivity index (χ0n) is 23.0. The summed E-state index contributed by atoms with van der Waals surface area (Å²) in [5, 5.41) is 10.8. The van der Waals surface area contributed by atoms with E-state index in [1.165, 1.54) is 0 Å². The maximum Gasteiger partial charge on any atom is 0.226 e. The van der Waals surface area contributed by atoms with E-state index < -0.39 is 11.6 Å². The number of hydrogen-bond donors (Lipinski definition) is 1. The number of anilines is 2. The van der Waals surface area contributed by atoms with E-state index in [2.05, 4.69) is 39.6 Å². The Kier molecular flexibility index (Phi) is 6.50. The van der Waals surface area contributed by atoms with Crippen LogP contribution in [0.2, 0.25) is 0 Å². The molecule has 3 aliphatic rings. The monoisotopic (exact) mass is 576 g/mol. The maximum absolute atomic E-state index is 16.7. The van der Waals surface area contributed by atoms with Crippen molar-refractivity contribution in [3.63, 3.8) is 0 Å². The number of piperazine rings is 1. The van der Waals surface area contributed by atoms with Crippen LogP contribution in [0.4, 0.5) is 19.7 Å². The molecule has 9 nitrogen and oxygen atoms in total. The number of thiophene rings is 1. The van der Waals surface area contributed by atoms with Crippen molar-refractivity contribution in [1.82, 2.24) is 24.8 Å². The summed E-state index contributed by atoms with van der Waals surface area (Å²) in [5.74, 6) is -0.700.